The third kappa shape index (κ3) is 3.78. The van der Waals surface area contributed by atoms with Crippen LogP contribution in [0, 0.1) is 0 Å². The number of anilines is 1. The highest BCUT2D eigenvalue weighted by Gasteiger charge is 2.16. The third-order valence-corrected chi connectivity index (χ3v) is 4.88. The van der Waals surface area contributed by atoms with Crippen LogP contribution in [0.25, 0.3) is 0 Å². The lowest BCUT2D eigenvalue weighted by atomic mass is 10.1. The summed E-state index contributed by atoms with van der Waals surface area (Å²) in [6, 6.07) is 21.6. The van der Waals surface area contributed by atoms with Gasteiger partial charge in [0.05, 0.1) is 18.5 Å². The monoisotopic (exact) mass is 389 g/mol. The fraction of sp³-hybridized carbons (Fsp3) is 0.130. The molecule has 0 bridgehead atoms. The Bertz CT molecular complexity index is 1050. The van der Waals surface area contributed by atoms with Gasteiger partial charge in [-0.1, -0.05) is 24.6 Å². The predicted molar refractivity (Wildman–Crippen MR) is 117 cm³/mol. The summed E-state index contributed by atoms with van der Waals surface area (Å²) < 4.78 is 5.27. The number of nitrogens with one attached hydrogen (secondary N) is 1. The van der Waals surface area contributed by atoms with Gasteiger partial charge >= 0.3 is 0 Å². The lowest BCUT2D eigenvalue weighted by Crippen LogP contribution is -2.15. The van der Waals surface area contributed by atoms with E-state index in [-0.39, 0.29) is 0 Å². The maximum atomic E-state index is 6.05. The smallest absolute Gasteiger partial charge is 0.162 e. The number of methoxy groups -OCH3 is 1. The van der Waals surface area contributed by atoms with Gasteiger partial charge in [0, 0.05) is 16.1 Å². The third-order valence-electron chi connectivity index (χ3n) is 4.63. The molecular formula is C23H20ClN3O. The van der Waals surface area contributed by atoms with E-state index >= 15 is 0 Å². The Balaban J connectivity index is 1.84. The van der Waals surface area contributed by atoms with Crippen molar-refractivity contribution in [2.75, 3.05) is 12.4 Å². The van der Waals surface area contributed by atoms with Crippen LogP contribution in [0.1, 0.15) is 23.6 Å². The number of fused-ring (bicyclic) bond motifs is 1. The minimum Gasteiger partial charge on any atom is -0.497 e. The average Bonchev–Trinajstić information content (AvgIpc) is 2.93. The van der Waals surface area contributed by atoms with Crippen molar-refractivity contribution in [3.8, 4) is 5.75 Å². The molecule has 1 aliphatic rings. The van der Waals surface area contributed by atoms with Crippen molar-refractivity contribution in [3.05, 3.63) is 88.4 Å². The second kappa shape index (κ2) is 7.87. The van der Waals surface area contributed by atoms with E-state index in [4.69, 9.17) is 26.3 Å². The lowest BCUT2D eigenvalue weighted by Gasteiger charge is -2.11. The van der Waals surface area contributed by atoms with Crippen LogP contribution in [0.15, 0.2) is 76.7 Å². The minimum absolute atomic E-state index is 0.637. The standard InChI is InChI=1S/C23H20ClN3O/c1-3-15-4-13-20-21(14-15)26-23(17-7-11-19(28-2)12-8-17)27-22(25-20)16-5-9-18(24)10-6-16/h4-14H,3H2,1-2H3,(H,25,26,27). The van der Waals surface area contributed by atoms with Crippen LogP contribution in [0.3, 0.4) is 0 Å². The molecule has 0 saturated heterocycles. The SMILES string of the molecule is CCc1ccc2c(c1)NC(c1ccc(OC)cc1)=NC(c1ccc(Cl)cc1)=N2. The van der Waals surface area contributed by atoms with Crippen molar-refractivity contribution >= 4 is 34.6 Å². The van der Waals surface area contributed by atoms with Crippen LogP contribution < -0.4 is 10.1 Å². The van der Waals surface area contributed by atoms with E-state index in [1.54, 1.807) is 7.11 Å². The van der Waals surface area contributed by atoms with E-state index in [0.29, 0.717) is 10.9 Å². The van der Waals surface area contributed by atoms with Crippen molar-refractivity contribution in [1.82, 2.24) is 0 Å². The Kier molecular flexibility index (Phi) is 5.13. The molecule has 0 atom stereocenters. The molecule has 28 heavy (non-hydrogen) atoms. The first kappa shape index (κ1) is 18.3. The van der Waals surface area contributed by atoms with E-state index in [0.717, 1.165) is 40.5 Å². The molecule has 4 rings (SSSR count). The second-order valence-electron chi connectivity index (χ2n) is 6.46. The molecule has 4 nitrogen and oxygen atoms in total. The van der Waals surface area contributed by atoms with E-state index in [1.807, 2.05) is 54.6 Å². The topological polar surface area (TPSA) is 46.0 Å². The average molecular weight is 390 g/mol. The van der Waals surface area contributed by atoms with Gasteiger partial charge in [-0.05, 0) is 72.6 Å². The number of amidine groups is 2. The predicted octanol–water partition coefficient (Wildman–Crippen LogP) is 5.86. The van der Waals surface area contributed by atoms with Gasteiger partial charge in [-0.15, -0.1) is 0 Å². The van der Waals surface area contributed by atoms with Crippen LogP contribution in [-0.4, -0.2) is 18.8 Å². The van der Waals surface area contributed by atoms with Crippen LogP contribution in [0.2, 0.25) is 5.02 Å². The van der Waals surface area contributed by atoms with Crippen LogP contribution in [0.4, 0.5) is 11.4 Å². The van der Waals surface area contributed by atoms with E-state index < -0.39 is 0 Å². The molecule has 0 radical (unpaired) electrons. The van der Waals surface area contributed by atoms with E-state index in [2.05, 4.69) is 24.4 Å². The first-order valence-corrected chi connectivity index (χ1v) is 9.52. The van der Waals surface area contributed by atoms with Crippen molar-refractivity contribution in [3.63, 3.8) is 0 Å². The fourth-order valence-electron chi connectivity index (χ4n) is 3.01. The van der Waals surface area contributed by atoms with Gasteiger partial charge in [0.25, 0.3) is 0 Å². The van der Waals surface area contributed by atoms with Gasteiger partial charge in [-0.3, -0.25) is 0 Å². The summed E-state index contributed by atoms with van der Waals surface area (Å²) in [5.74, 6) is 2.18. The molecule has 3 aromatic carbocycles. The molecule has 0 unspecified atom stereocenters. The van der Waals surface area contributed by atoms with Crippen molar-refractivity contribution < 1.29 is 4.74 Å². The second-order valence-corrected chi connectivity index (χ2v) is 6.90. The van der Waals surface area contributed by atoms with Crippen molar-refractivity contribution in [1.29, 1.82) is 0 Å². The number of aryl methyl sites for hydroxylation is 1. The molecule has 140 valence electrons. The zero-order chi connectivity index (χ0) is 19.5. The number of hydrogen-bond acceptors (Lipinski definition) is 4. The Morgan fingerprint density at radius 2 is 1.61 bits per heavy atom. The normalized spacial score (nSPS) is 13.0. The highest BCUT2D eigenvalue weighted by Crippen LogP contribution is 2.31. The highest BCUT2D eigenvalue weighted by molar-refractivity contribution is 6.30. The molecular weight excluding hydrogens is 370 g/mol. The van der Waals surface area contributed by atoms with Gasteiger partial charge in [-0.25, -0.2) is 9.98 Å². The molecule has 0 spiro atoms. The van der Waals surface area contributed by atoms with Gasteiger partial charge in [-0.2, -0.15) is 0 Å². The number of benzene rings is 3. The number of aliphatic imine (C=N–C) groups is 2. The minimum atomic E-state index is 0.637. The van der Waals surface area contributed by atoms with E-state index in [1.165, 1.54) is 5.56 Å². The lowest BCUT2D eigenvalue weighted by molar-refractivity contribution is 0.415. The summed E-state index contributed by atoms with van der Waals surface area (Å²) in [6.07, 6.45) is 0.956. The first-order valence-electron chi connectivity index (χ1n) is 9.14. The Morgan fingerprint density at radius 1 is 0.893 bits per heavy atom. The van der Waals surface area contributed by atoms with Crippen molar-refractivity contribution in [2.45, 2.75) is 13.3 Å². The summed E-state index contributed by atoms with van der Waals surface area (Å²) in [5, 5.41) is 4.15. The molecule has 3 aromatic rings. The molecule has 1 aliphatic heterocycles. The highest BCUT2D eigenvalue weighted by atomic mass is 35.5. The summed E-state index contributed by atoms with van der Waals surface area (Å²) in [7, 11) is 1.66. The van der Waals surface area contributed by atoms with Crippen molar-refractivity contribution in [2.24, 2.45) is 9.98 Å². The fourth-order valence-corrected chi connectivity index (χ4v) is 3.14. The summed E-state index contributed by atoms with van der Waals surface area (Å²) in [5.41, 5.74) is 4.90. The Hall–Kier alpha value is -3.11. The van der Waals surface area contributed by atoms with Crippen LogP contribution >= 0.6 is 11.6 Å². The summed E-state index contributed by atoms with van der Waals surface area (Å²) in [6.45, 7) is 2.14. The first-order chi connectivity index (χ1) is 13.7. The van der Waals surface area contributed by atoms with Gasteiger partial charge < -0.3 is 10.1 Å². The van der Waals surface area contributed by atoms with Crippen LogP contribution in [-0.2, 0) is 6.42 Å². The number of nitrogens with zero attached hydrogens (tertiary/aromatic N) is 2. The zero-order valence-electron chi connectivity index (χ0n) is 15.7. The summed E-state index contributed by atoms with van der Waals surface area (Å²) >= 11 is 6.05. The molecule has 0 fully saturated rings. The number of rotatable bonds is 4. The molecule has 0 saturated carbocycles. The maximum absolute atomic E-state index is 6.05. The van der Waals surface area contributed by atoms with Gasteiger partial charge in [0.15, 0.2) is 5.84 Å². The maximum Gasteiger partial charge on any atom is 0.162 e. The molecule has 0 amide bonds. The molecule has 0 aromatic heterocycles. The Morgan fingerprint density at radius 3 is 2.29 bits per heavy atom. The number of ether oxygens (including phenoxy) is 1. The quantitative estimate of drug-likeness (QED) is 0.607. The molecule has 5 heteroatoms. The molecule has 1 heterocycles. The molecule has 0 aliphatic carbocycles. The largest absolute Gasteiger partial charge is 0.497 e. The summed E-state index contributed by atoms with van der Waals surface area (Å²) in [4.78, 5) is 9.67. The van der Waals surface area contributed by atoms with E-state index in [9.17, 15) is 0 Å². The van der Waals surface area contributed by atoms with Gasteiger partial charge in [0.2, 0.25) is 0 Å². The zero-order valence-corrected chi connectivity index (χ0v) is 16.5. The van der Waals surface area contributed by atoms with Gasteiger partial charge in [0.1, 0.15) is 11.6 Å². The Labute approximate surface area is 169 Å². The van der Waals surface area contributed by atoms with Crippen LogP contribution in [0.5, 0.6) is 5.75 Å². The molecule has 1 N–H and O–H groups in total. The number of halogens is 1. The number of hydrogen-bond donors (Lipinski definition) is 1.